The van der Waals surface area contributed by atoms with Crippen LogP contribution < -0.4 is 0 Å². The molecule has 504 valence electrons. The molecule has 12 N–H and O–H groups in total. The summed E-state index contributed by atoms with van der Waals surface area (Å²) in [5.74, 6) is -5.02. The fourth-order valence-electron chi connectivity index (χ4n) is 17.3. The number of aldehydes is 1. The van der Waals surface area contributed by atoms with Gasteiger partial charge < -0.3 is 118 Å². The lowest BCUT2D eigenvalue weighted by atomic mass is 9.33. The molecule has 8 fully saturated rings. The van der Waals surface area contributed by atoms with E-state index < -0.39 is 230 Å². The van der Waals surface area contributed by atoms with E-state index >= 15 is 0 Å². The maximum absolute atomic E-state index is 14.3. The van der Waals surface area contributed by atoms with Crippen LogP contribution in [0.25, 0.3) is 0 Å². The third-order valence-corrected chi connectivity index (χ3v) is 22.5. The van der Waals surface area contributed by atoms with E-state index in [-0.39, 0.29) is 18.8 Å². The number of rotatable bonds is 16. The van der Waals surface area contributed by atoms with Crippen LogP contribution in [-0.2, 0) is 76.1 Å². The summed E-state index contributed by atoms with van der Waals surface area (Å²) in [6.07, 6.45) is -32.6. The van der Waals surface area contributed by atoms with Crippen molar-refractivity contribution in [1.29, 1.82) is 0 Å². The number of aliphatic hydroxyl groups is 11. The lowest BCUT2D eigenvalue weighted by Gasteiger charge is -2.72. The Morgan fingerprint density at radius 3 is 1.85 bits per heavy atom. The Morgan fingerprint density at radius 1 is 0.629 bits per heavy atom. The van der Waals surface area contributed by atoms with E-state index in [1.165, 1.54) is 13.8 Å². The maximum Gasteiger partial charge on any atom is 0.335 e. The van der Waals surface area contributed by atoms with Crippen molar-refractivity contribution < 1.29 is 137 Å². The molecular weight excluding hydrogens is 1180 g/mol. The van der Waals surface area contributed by atoms with Crippen molar-refractivity contribution in [2.75, 3.05) is 26.4 Å². The van der Waals surface area contributed by atoms with Gasteiger partial charge in [0.25, 0.3) is 0 Å². The maximum atomic E-state index is 14.3. The summed E-state index contributed by atoms with van der Waals surface area (Å²) in [5.41, 5.74) is -4.65. The number of carbonyl (C=O) groups excluding carboxylic acids is 4. The number of hydrogen-bond acceptors (Lipinski definition) is 27. The van der Waals surface area contributed by atoms with Gasteiger partial charge in [-0.25, -0.2) is 9.59 Å². The van der Waals surface area contributed by atoms with E-state index in [0.717, 1.165) is 11.9 Å². The average molecular weight is 1270 g/mol. The third kappa shape index (κ3) is 11.8. The predicted octanol–water partition coefficient (Wildman–Crippen LogP) is -1.44. The zero-order valence-corrected chi connectivity index (χ0v) is 51.8. The van der Waals surface area contributed by atoms with Crippen molar-refractivity contribution in [3.05, 3.63) is 23.3 Å². The lowest BCUT2D eigenvalue weighted by Crippen LogP contribution is -2.73. The van der Waals surface area contributed by atoms with Crippen LogP contribution in [0.2, 0.25) is 0 Å². The van der Waals surface area contributed by atoms with Crippen LogP contribution in [-0.4, -0.2) is 253 Å². The highest BCUT2D eigenvalue weighted by atomic mass is 16.8. The van der Waals surface area contributed by atoms with Crippen molar-refractivity contribution in [3.63, 3.8) is 0 Å². The van der Waals surface area contributed by atoms with Crippen LogP contribution in [0.3, 0.4) is 0 Å². The van der Waals surface area contributed by atoms with Crippen molar-refractivity contribution in [1.82, 2.24) is 0 Å². The van der Waals surface area contributed by atoms with E-state index in [0.29, 0.717) is 37.7 Å². The van der Waals surface area contributed by atoms with Gasteiger partial charge in [0.1, 0.15) is 97.8 Å². The normalized spacial score (nSPS) is 49.7. The summed E-state index contributed by atoms with van der Waals surface area (Å²) < 4.78 is 67.1. The monoisotopic (exact) mass is 1270 g/mol. The number of carbonyl (C=O) groups is 5. The SMILES string of the molecule is C/C=C(/C)C(=O)O[C@@H]1[C@@H](OC(C)=O)[C@]2(CO)[C@@H](OC(C)=O)C[C@]3(C)C(=CC[C@@H]4[C@@]5(C)CC[C@@H](O[C@H]6O[C@H](C(=O)O)[C@H](O)[C@H](O[C@H]7OC[C@@H](O)[C@H](O)[C@@H]7O[C@@H]7OC[C@@H](O)[C@H](O)[C@@H]7O)[C@H]6O[C@H]6O[C@@H](CO)[C@H](O)[C@@H](O)[C@@H]6O)[C@@](C)(C=O)[C@@H]5CC[C@]43C)[C@H]2CC1(C)C. The first kappa shape index (κ1) is 69.6. The van der Waals surface area contributed by atoms with Gasteiger partial charge >= 0.3 is 23.9 Å². The Kier molecular flexibility index (Phi) is 20.2. The van der Waals surface area contributed by atoms with E-state index in [1.54, 1.807) is 26.8 Å². The van der Waals surface area contributed by atoms with E-state index in [2.05, 4.69) is 26.8 Å². The zero-order valence-electron chi connectivity index (χ0n) is 51.8. The fourth-order valence-corrected chi connectivity index (χ4v) is 17.3. The van der Waals surface area contributed by atoms with Gasteiger partial charge in [0.2, 0.25) is 0 Å². The minimum Gasteiger partial charge on any atom is -0.479 e. The first-order chi connectivity index (χ1) is 41.6. The molecule has 4 heterocycles. The molecule has 89 heavy (non-hydrogen) atoms. The second-order valence-corrected chi connectivity index (χ2v) is 27.9. The number of ether oxygens (including phenoxy) is 11. The number of allylic oxidation sites excluding steroid dienone is 3. The largest absolute Gasteiger partial charge is 0.479 e. The quantitative estimate of drug-likeness (QED) is 0.0210. The van der Waals surface area contributed by atoms with Crippen molar-refractivity contribution in [2.24, 2.45) is 50.2 Å². The molecule has 0 aromatic heterocycles. The molecule has 9 rings (SSSR count). The molecule has 30 atom stereocenters. The number of hydrogen-bond donors (Lipinski definition) is 12. The van der Waals surface area contributed by atoms with Crippen LogP contribution in [0, 0.1) is 50.2 Å². The second kappa shape index (κ2) is 25.9. The summed E-state index contributed by atoms with van der Waals surface area (Å²) in [7, 11) is 0. The number of aliphatic carboxylic acids is 1. The molecule has 0 aromatic rings. The summed E-state index contributed by atoms with van der Waals surface area (Å²) in [6.45, 7) is 15.0. The Balaban J connectivity index is 1.07. The Labute approximate surface area is 515 Å². The summed E-state index contributed by atoms with van der Waals surface area (Å²) in [5, 5.41) is 131. The Bertz CT molecular complexity index is 2670. The van der Waals surface area contributed by atoms with Gasteiger partial charge in [0, 0.05) is 24.8 Å². The molecule has 0 bridgehead atoms. The molecule has 4 saturated carbocycles. The standard InChI is InChI=1S/C61H92O28/c1-11-25(2)51(78)89-48-49(82-27(4)66)61(24-64)29(18-56(48,5)6)28-12-13-34-57(7)16-15-35(58(8,23-63)33(57)14-17-59(34,9)60(28,10)19-36(61)81-26(3)65)84-55-47(88-53-42(74)40(72)39(71)32(20-62)83-53)44(43(75)45(86-55)50(76)77)85-54-46(38(70)31(68)22-80-54)87-52-41(73)37(69)30(67)21-79-52/h11-12,23,29-49,52-55,62,64,67-75H,13-22,24H2,1-10H3,(H,76,77)/b25-11-/t29-,30-,31-,32+,33-,34-,35-,36+,37+,38+,39+,40-,41+,42+,43-,44+,45+,46+,47-,48-,49-,52+,53-,54-,55+,57+,58+,59-,60-,61+/m1/s1. The number of aliphatic hydroxyl groups excluding tert-OH is 11. The second-order valence-electron chi connectivity index (χ2n) is 27.9. The average Bonchev–Trinajstić information content (AvgIpc) is 0.669. The van der Waals surface area contributed by atoms with Gasteiger partial charge in [0.15, 0.2) is 37.4 Å². The summed E-state index contributed by atoms with van der Waals surface area (Å²) >= 11 is 0. The van der Waals surface area contributed by atoms with Crippen molar-refractivity contribution >= 4 is 30.2 Å². The Morgan fingerprint density at radius 2 is 1.25 bits per heavy atom. The lowest BCUT2D eigenvalue weighted by molar-refractivity contribution is -0.398. The molecule has 28 heteroatoms. The number of carboxylic acid groups (broad SMARTS) is 1. The molecule has 5 aliphatic carbocycles. The van der Waals surface area contributed by atoms with Crippen LogP contribution in [0.15, 0.2) is 23.3 Å². The van der Waals surface area contributed by atoms with E-state index in [1.807, 2.05) is 13.8 Å². The highest BCUT2D eigenvalue weighted by molar-refractivity contribution is 5.87. The molecule has 0 spiro atoms. The van der Waals surface area contributed by atoms with E-state index in [9.17, 15) is 85.3 Å². The highest BCUT2D eigenvalue weighted by Gasteiger charge is 2.75. The van der Waals surface area contributed by atoms with Gasteiger partial charge in [-0.15, -0.1) is 0 Å². The molecule has 4 saturated heterocycles. The molecule has 0 aromatic carbocycles. The molecule has 0 radical (unpaired) electrons. The molecule has 9 aliphatic rings. The topological polar surface area (TPSA) is 430 Å². The number of carboxylic acids is 1. The molecular formula is C61H92O28. The van der Waals surface area contributed by atoms with Crippen LogP contribution in [0.1, 0.15) is 114 Å². The van der Waals surface area contributed by atoms with E-state index in [4.69, 9.17) is 52.1 Å². The van der Waals surface area contributed by atoms with Crippen molar-refractivity contribution in [3.8, 4) is 0 Å². The summed E-state index contributed by atoms with van der Waals surface area (Å²) in [4.78, 5) is 67.7. The van der Waals surface area contributed by atoms with Crippen molar-refractivity contribution in [2.45, 2.75) is 249 Å². The molecule has 28 nitrogen and oxygen atoms in total. The summed E-state index contributed by atoms with van der Waals surface area (Å²) in [6, 6.07) is 0. The molecule has 0 amide bonds. The highest BCUT2D eigenvalue weighted by Crippen LogP contribution is 2.76. The first-order valence-corrected chi connectivity index (χ1v) is 30.7. The predicted molar refractivity (Wildman–Crippen MR) is 298 cm³/mol. The van der Waals surface area contributed by atoms with Gasteiger partial charge in [-0.1, -0.05) is 59.3 Å². The van der Waals surface area contributed by atoms with Gasteiger partial charge in [0.05, 0.1) is 43.4 Å². The van der Waals surface area contributed by atoms with Crippen LogP contribution in [0.5, 0.6) is 0 Å². The first-order valence-electron chi connectivity index (χ1n) is 30.7. The minimum absolute atomic E-state index is 0.0912. The van der Waals surface area contributed by atoms with Crippen LogP contribution in [0.4, 0.5) is 0 Å². The third-order valence-electron chi connectivity index (χ3n) is 22.5. The molecule has 0 unspecified atom stereocenters. The molecule has 4 aliphatic heterocycles. The van der Waals surface area contributed by atoms with Gasteiger partial charge in [-0.2, -0.15) is 0 Å². The number of esters is 3. The van der Waals surface area contributed by atoms with Crippen LogP contribution >= 0.6 is 0 Å². The fraction of sp³-hybridized carbons (Fsp3) is 0.852. The van der Waals surface area contributed by atoms with Gasteiger partial charge in [-0.3, -0.25) is 9.59 Å². The smallest absolute Gasteiger partial charge is 0.335 e. The Hall–Kier alpha value is -3.73. The zero-order chi connectivity index (χ0) is 65.6. The number of fused-ring (bicyclic) bond motifs is 7. The van der Waals surface area contributed by atoms with Gasteiger partial charge in [-0.05, 0) is 92.8 Å². The minimum atomic E-state index is -2.29.